The number of fused-ring (bicyclic) bond motifs is 1. The molecule has 7 heteroatoms. The first-order valence-corrected chi connectivity index (χ1v) is 10.9. The van der Waals surface area contributed by atoms with E-state index in [9.17, 15) is 4.79 Å². The van der Waals surface area contributed by atoms with Crippen LogP contribution in [-0.4, -0.2) is 22.3 Å². The number of thiophene rings is 1. The minimum absolute atomic E-state index is 0.0629. The summed E-state index contributed by atoms with van der Waals surface area (Å²) in [5.74, 6) is 3.04. The van der Waals surface area contributed by atoms with Crippen LogP contribution in [0.3, 0.4) is 0 Å². The number of H-pyrrole nitrogens is 1. The monoisotopic (exact) mass is 412 g/mol. The van der Waals surface area contributed by atoms with Gasteiger partial charge in [0.25, 0.3) is 5.56 Å². The second-order valence-corrected chi connectivity index (χ2v) is 8.74. The highest BCUT2D eigenvalue weighted by Crippen LogP contribution is 2.32. The van der Waals surface area contributed by atoms with Gasteiger partial charge in [0.1, 0.15) is 22.2 Å². The second kappa shape index (κ2) is 8.24. The van der Waals surface area contributed by atoms with Crippen LogP contribution in [0, 0.1) is 6.92 Å². The number of aromatic amines is 1. The molecular weight excluding hydrogens is 392 g/mol. The first-order chi connectivity index (χ1) is 13.6. The molecule has 0 spiro atoms. The van der Waals surface area contributed by atoms with E-state index in [2.05, 4.69) is 16.9 Å². The molecule has 4 aromatic rings. The summed E-state index contributed by atoms with van der Waals surface area (Å²) in [6.07, 6.45) is 1.60. The zero-order chi connectivity index (χ0) is 19.5. The third-order valence-corrected chi connectivity index (χ3v) is 6.37. The highest BCUT2D eigenvalue weighted by Gasteiger charge is 2.17. The minimum Gasteiger partial charge on any atom is -0.493 e. The second-order valence-electron chi connectivity index (χ2n) is 6.43. The summed E-state index contributed by atoms with van der Waals surface area (Å²) >= 11 is 3.16. The lowest BCUT2D eigenvalue weighted by Crippen LogP contribution is -2.13. The molecule has 3 aromatic heterocycles. The summed E-state index contributed by atoms with van der Waals surface area (Å²) < 4.78 is 11.2. The predicted octanol–water partition coefficient (Wildman–Crippen LogP) is 5.43. The van der Waals surface area contributed by atoms with Gasteiger partial charge in [-0.2, -0.15) is 0 Å². The number of benzene rings is 1. The molecular formula is C21H20N2O3S2. The van der Waals surface area contributed by atoms with Crippen LogP contribution in [0.25, 0.3) is 21.5 Å². The molecule has 0 aliphatic carbocycles. The van der Waals surface area contributed by atoms with E-state index >= 15 is 0 Å². The molecule has 0 saturated carbocycles. The summed E-state index contributed by atoms with van der Waals surface area (Å²) in [7, 11) is 0. The van der Waals surface area contributed by atoms with Gasteiger partial charge in [-0.3, -0.25) is 4.79 Å². The van der Waals surface area contributed by atoms with E-state index in [4.69, 9.17) is 9.15 Å². The van der Waals surface area contributed by atoms with Gasteiger partial charge in [-0.1, -0.05) is 17.7 Å². The largest absolute Gasteiger partial charge is 0.493 e. The van der Waals surface area contributed by atoms with Crippen molar-refractivity contribution >= 4 is 33.3 Å². The fourth-order valence-corrected chi connectivity index (χ4v) is 4.61. The normalized spacial score (nSPS) is 12.4. The molecule has 0 saturated heterocycles. The molecule has 1 unspecified atom stereocenters. The van der Waals surface area contributed by atoms with Gasteiger partial charge in [0, 0.05) is 16.7 Å². The van der Waals surface area contributed by atoms with Crippen molar-refractivity contribution in [3.05, 3.63) is 69.8 Å². The molecule has 1 aromatic carbocycles. The van der Waals surface area contributed by atoms with Gasteiger partial charge in [0.05, 0.1) is 23.5 Å². The Hall–Kier alpha value is -2.51. The summed E-state index contributed by atoms with van der Waals surface area (Å²) in [5, 5.41) is 2.57. The summed E-state index contributed by atoms with van der Waals surface area (Å²) in [6.45, 7) is 4.70. The zero-order valence-corrected chi connectivity index (χ0v) is 17.2. The van der Waals surface area contributed by atoms with Gasteiger partial charge in [-0.05, 0) is 38.1 Å². The molecule has 3 heterocycles. The molecule has 0 aliphatic heterocycles. The molecule has 0 bridgehead atoms. The quantitative estimate of drug-likeness (QED) is 0.410. The fourth-order valence-electron chi connectivity index (χ4n) is 2.87. The first kappa shape index (κ1) is 18.8. The van der Waals surface area contributed by atoms with Crippen LogP contribution in [0.1, 0.15) is 23.6 Å². The molecule has 4 rings (SSSR count). The Morgan fingerprint density at radius 2 is 2.11 bits per heavy atom. The van der Waals surface area contributed by atoms with E-state index in [1.165, 1.54) is 16.9 Å². The number of aromatic nitrogens is 2. The van der Waals surface area contributed by atoms with Crippen molar-refractivity contribution in [3.8, 4) is 17.1 Å². The van der Waals surface area contributed by atoms with Crippen LogP contribution < -0.4 is 10.3 Å². The van der Waals surface area contributed by atoms with Crippen LogP contribution >= 0.6 is 23.1 Å². The maximum Gasteiger partial charge on any atom is 0.260 e. The lowest BCUT2D eigenvalue weighted by Gasteiger charge is -2.11. The lowest BCUT2D eigenvalue weighted by atomic mass is 10.2. The van der Waals surface area contributed by atoms with E-state index in [0.29, 0.717) is 23.6 Å². The average molecular weight is 413 g/mol. The van der Waals surface area contributed by atoms with E-state index < -0.39 is 0 Å². The van der Waals surface area contributed by atoms with E-state index in [1.54, 1.807) is 18.0 Å². The van der Waals surface area contributed by atoms with Crippen molar-refractivity contribution in [2.45, 2.75) is 19.1 Å². The van der Waals surface area contributed by atoms with Crippen LogP contribution in [0.5, 0.6) is 5.75 Å². The number of ether oxygens (including phenoxy) is 1. The minimum atomic E-state index is -0.129. The number of nitrogens with one attached hydrogen (secondary N) is 1. The number of furan rings is 1. The van der Waals surface area contributed by atoms with Gasteiger partial charge >= 0.3 is 0 Å². The Bertz CT molecular complexity index is 1110. The Kier molecular flexibility index (Phi) is 5.54. The number of nitrogens with zero attached hydrogens (tertiary/aromatic N) is 1. The maximum atomic E-state index is 12.7. The number of hydrogen-bond acceptors (Lipinski definition) is 6. The standard InChI is InChI=1S/C21H20N2O3S2/c1-13-5-7-15(8-6-13)25-10-11-27-14(2)19-22-20(24)18-16(12-28-21(18)23-19)17-4-3-9-26-17/h3-9,12,14H,10-11H2,1-2H3,(H,22,23,24). The van der Waals surface area contributed by atoms with Crippen molar-refractivity contribution in [1.82, 2.24) is 9.97 Å². The number of aryl methyl sites for hydroxylation is 1. The van der Waals surface area contributed by atoms with Crippen molar-refractivity contribution in [2.24, 2.45) is 0 Å². The van der Waals surface area contributed by atoms with Gasteiger partial charge in [0.2, 0.25) is 0 Å². The van der Waals surface area contributed by atoms with Gasteiger partial charge in [-0.15, -0.1) is 23.1 Å². The molecule has 144 valence electrons. The van der Waals surface area contributed by atoms with Crippen LogP contribution in [0.4, 0.5) is 0 Å². The number of rotatable bonds is 7. The smallest absolute Gasteiger partial charge is 0.260 e. The third kappa shape index (κ3) is 4.00. The molecule has 0 radical (unpaired) electrons. The summed E-state index contributed by atoms with van der Waals surface area (Å²) in [6, 6.07) is 11.7. The van der Waals surface area contributed by atoms with Crippen molar-refractivity contribution in [2.75, 3.05) is 12.4 Å². The summed E-state index contributed by atoms with van der Waals surface area (Å²) in [5.41, 5.74) is 1.87. The Morgan fingerprint density at radius 1 is 1.29 bits per heavy atom. The number of thioether (sulfide) groups is 1. The number of hydrogen-bond donors (Lipinski definition) is 1. The van der Waals surface area contributed by atoms with Crippen LogP contribution in [0.15, 0.2) is 57.3 Å². The molecule has 1 atom stereocenters. The van der Waals surface area contributed by atoms with E-state index in [-0.39, 0.29) is 10.8 Å². The fraction of sp³-hybridized carbons (Fsp3) is 0.238. The Morgan fingerprint density at radius 3 is 2.86 bits per heavy atom. The van der Waals surface area contributed by atoms with E-state index in [1.807, 2.05) is 48.7 Å². The van der Waals surface area contributed by atoms with Crippen molar-refractivity contribution in [3.63, 3.8) is 0 Å². The molecule has 28 heavy (non-hydrogen) atoms. The average Bonchev–Trinajstić information content (AvgIpc) is 3.36. The lowest BCUT2D eigenvalue weighted by molar-refractivity contribution is 0.343. The highest BCUT2D eigenvalue weighted by atomic mass is 32.2. The molecule has 5 nitrogen and oxygen atoms in total. The van der Waals surface area contributed by atoms with Crippen LogP contribution in [0.2, 0.25) is 0 Å². The maximum absolute atomic E-state index is 12.7. The van der Waals surface area contributed by atoms with Crippen molar-refractivity contribution in [1.29, 1.82) is 0 Å². The SMILES string of the molecule is Cc1ccc(OCCSC(C)c2nc3scc(-c4ccco4)c3c(=O)[nH]2)cc1. The van der Waals surface area contributed by atoms with Crippen LogP contribution in [-0.2, 0) is 0 Å². The topological polar surface area (TPSA) is 68.1 Å². The third-order valence-electron chi connectivity index (χ3n) is 4.37. The predicted molar refractivity (Wildman–Crippen MR) is 115 cm³/mol. The highest BCUT2D eigenvalue weighted by molar-refractivity contribution is 7.99. The van der Waals surface area contributed by atoms with E-state index in [0.717, 1.165) is 21.9 Å². The molecule has 0 fully saturated rings. The van der Waals surface area contributed by atoms with Crippen molar-refractivity contribution < 1.29 is 9.15 Å². The molecule has 0 amide bonds. The molecule has 1 N–H and O–H groups in total. The van der Waals surface area contributed by atoms with Gasteiger partial charge in [-0.25, -0.2) is 4.98 Å². The van der Waals surface area contributed by atoms with Gasteiger partial charge in [0.15, 0.2) is 0 Å². The molecule has 0 aliphatic rings. The Labute approximate surface area is 170 Å². The van der Waals surface area contributed by atoms with Gasteiger partial charge < -0.3 is 14.1 Å². The summed E-state index contributed by atoms with van der Waals surface area (Å²) in [4.78, 5) is 21.0. The zero-order valence-electron chi connectivity index (χ0n) is 15.6. The first-order valence-electron chi connectivity index (χ1n) is 8.98. The Balaban J connectivity index is 1.42.